The van der Waals surface area contributed by atoms with Gasteiger partial charge in [0.15, 0.2) is 17.4 Å². The number of halogens is 2. The Morgan fingerprint density at radius 2 is 1.83 bits per heavy atom. The topological polar surface area (TPSA) is 63.7 Å². The second kappa shape index (κ2) is 5.86. The molecule has 5 nitrogen and oxygen atoms in total. The molecule has 0 saturated heterocycles. The fourth-order valence-electron chi connectivity index (χ4n) is 2.55. The molecule has 0 N–H and O–H groups in total. The lowest BCUT2D eigenvalue weighted by atomic mass is 10.0. The summed E-state index contributed by atoms with van der Waals surface area (Å²) in [4.78, 5) is 11.6. The smallest absolute Gasteiger partial charge is 0.264 e. The first kappa shape index (κ1) is 16.4. The molecule has 1 aliphatic rings. The Bertz CT molecular complexity index is 928. The van der Waals surface area contributed by atoms with Crippen LogP contribution in [0, 0.1) is 11.6 Å². The fraction of sp³-hybridized carbons (Fsp3) is 0.188. The summed E-state index contributed by atoms with van der Waals surface area (Å²) in [5.41, 5.74) is 0.406. The third-order valence-corrected chi connectivity index (χ3v) is 5.60. The van der Waals surface area contributed by atoms with Crippen LogP contribution in [0.15, 0.2) is 41.3 Å². The SMILES string of the molecule is COc1ccc2c(c1)N(S(=O)(=O)c1ccc(F)c(F)c1)CCC2=O. The number of ether oxygens (including phenoxy) is 1. The maximum absolute atomic E-state index is 13.4. The molecule has 0 aliphatic carbocycles. The van der Waals surface area contributed by atoms with Crippen LogP contribution in [0.25, 0.3) is 0 Å². The minimum Gasteiger partial charge on any atom is -0.497 e. The van der Waals surface area contributed by atoms with Gasteiger partial charge in [-0.1, -0.05) is 0 Å². The first-order valence-corrected chi connectivity index (χ1v) is 8.47. The van der Waals surface area contributed by atoms with E-state index in [9.17, 15) is 22.0 Å². The van der Waals surface area contributed by atoms with Crippen molar-refractivity contribution >= 4 is 21.5 Å². The number of benzene rings is 2. The first-order valence-electron chi connectivity index (χ1n) is 7.03. The van der Waals surface area contributed by atoms with Crippen LogP contribution in [0.2, 0.25) is 0 Å². The van der Waals surface area contributed by atoms with Gasteiger partial charge >= 0.3 is 0 Å². The van der Waals surface area contributed by atoms with Crippen LogP contribution in [0.3, 0.4) is 0 Å². The Morgan fingerprint density at radius 3 is 2.50 bits per heavy atom. The lowest BCUT2D eigenvalue weighted by molar-refractivity contribution is 0.0982. The average molecular weight is 353 g/mol. The molecule has 1 heterocycles. The Morgan fingerprint density at radius 1 is 1.08 bits per heavy atom. The summed E-state index contributed by atoms with van der Waals surface area (Å²) in [5.74, 6) is -2.20. The summed E-state index contributed by atoms with van der Waals surface area (Å²) in [6.45, 7) is -0.0830. The van der Waals surface area contributed by atoms with Crippen molar-refractivity contribution in [1.82, 2.24) is 0 Å². The van der Waals surface area contributed by atoms with Crippen molar-refractivity contribution in [3.8, 4) is 5.75 Å². The van der Waals surface area contributed by atoms with E-state index in [4.69, 9.17) is 4.74 Å². The molecule has 0 aromatic heterocycles. The van der Waals surface area contributed by atoms with Crippen LogP contribution in [0.1, 0.15) is 16.8 Å². The standard InChI is InChI=1S/C16H13F2NO4S/c1-23-10-2-4-12-15(8-10)19(7-6-16(12)20)24(21,22)11-3-5-13(17)14(18)9-11/h2-5,8-9H,6-7H2,1H3. The molecule has 8 heteroatoms. The summed E-state index contributed by atoms with van der Waals surface area (Å²) in [6, 6.07) is 6.85. The average Bonchev–Trinajstić information content (AvgIpc) is 2.56. The quantitative estimate of drug-likeness (QED) is 0.851. The Labute approximate surface area is 137 Å². The Balaban J connectivity index is 2.14. The van der Waals surface area contributed by atoms with Gasteiger partial charge in [0.05, 0.1) is 17.7 Å². The third-order valence-electron chi connectivity index (χ3n) is 3.80. The molecule has 1 aliphatic heterocycles. The van der Waals surface area contributed by atoms with Gasteiger partial charge in [-0.2, -0.15) is 0 Å². The number of carbonyl (C=O) groups is 1. The fourth-order valence-corrected chi connectivity index (χ4v) is 4.04. The molecule has 0 unspecified atom stereocenters. The largest absolute Gasteiger partial charge is 0.497 e. The maximum Gasteiger partial charge on any atom is 0.264 e. The molecule has 0 fully saturated rings. The zero-order valence-electron chi connectivity index (χ0n) is 12.6. The van der Waals surface area contributed by atoms with Gasteiger partial charge < -0.3 is 4.74 Å². The molecule has 0 bridgehead atoms. The number of fused-ring (bicyclic) bond motifs is 1. The molecule has 0 saturated carbocycles. The van der Waals surface area contributed by atoms with Crippen molar-refractivity contribution in [2.24, 2.45) is 0 Å². The van der Waals surface area contributed by atoms with Gasteiger partial charge in [-0.3, -0.25) is 9.10 Å². The van der Waals surface area contributed by atoms with Crippen molar-refractivity contribution < 1.29 is 26.7 Å². The predicted molar refractivity (Wildman–Crippen MR) is 82.8 cm³/mol. The van der Waals surface area contributed by atoms with Crippen molar-refractivity contribution in [3.05, 3.63) is 53.6 Å². The summed E-state index contributed by atoms with van der Waals surface area (Å²) >= 11 is 0. The molecule has 2 aromatic rings. The second-order valence-corrected chi connectivity index (χ2v) is 7.07. The van der Waals surface area contributed by atoms with E-state index >= 15 is 0 Å². The maximum atomic E-state index is 13.4. The summed E-state index contributed by atoms with van der Waals surface area (Å²) < 4.78 is 58.2. The van der Waals surface area contributed by atoms with Crippen LogP contribution < -0.4 is 9.04 Å². The van der Waals surface area contributed by atoms with E-state index < -0.39 is 21.7 Å². The van der Waals surface area contributed by atoms with E-state index in [1.54, 1.807) is 6.07 Å². The molecule has 0 radical (unpaired) electrons. The van der Waals surface area contributed by atoms with Crippen LogP contribution in [0.5, 0.6) is 5.75 Å². The normalized spacial score (nSPS) is 14.5. The molecule has 0 spiro atoms. The van der Waals surface area contributed by atoms with Crippen LogP contribution in [0.4, 0.5) is 14.5 Å². The molecule has 0 amide bonds. The number of hydrogen-bond acceptors (Lipinski definition) is 4. The third kappa shape index (κ3) is 2.62. The van der Waals surface area contributed by atoms with Crippen LogP contribution >= 0.6 is 0 Å². The van der Waals surface area contributed by atoms with E-state index in [2.05, 4.69) is 0 Å². The van der Waals surface area contributed by atoms with Gasteiger partial charge in [-0.25, -0.2) is 17.2 Å². The Hall–Kier alpha value is -2.48. The van der Waals surface area contributed by atoms with Gasteiger partial charge in [0.1, 0.15) is 5.75 Å². The highest BCUT2D eigenvalue weighted by molar-refractivity contribution is 7.92. The summed E-state index contributed by atoms with van der Waals surface area (Å²) in [5, 5.41) is 0. The number of hydrogen-bond donors (Lipinski definition) is 0. The molecule has 0 atom stereocenters. The monoisotopic (exact) mass is 353 g/mol. The highest BCUT2D eigenvalue weighted by Crippen LogP contribution is 2.34. The summed E-state index contributed by atoms with van der Waals surface area (Å²) in [7, 11) is -2.73. The molecular weight excluding hydrogens is 340 g/mol. The number of carbonyl (C=O) groups excluding carboxylic acids is 1. The number of nitrogens with zero attached hydrogens (tertiary/aromatic N) is 1. The van der Waals surface area contributed by atoms with Gasteiger partial charge in [0, 0.05) is 24.6 Å². The van der Waals surface area contributed by atoms with Gasteiger partial charge in [-0.05, 0) is 30.3 Å². The highest BCUT2D eigenvalue weighted by atomic mass is 32.2. The van der Waals surface area contributed by atoms with E-state index in [1.165, 1.54) is 19.2 Å². The number of Topliss-reactive ketones (excluding diaryl/α,β-unsaturated/α-hetero) is 1. The zero-order valence-corrected chi connectivity index (χ0v) is 13.4. The second-order valence-electron chi connectivity index (χ2n) is 5.21. The lowest BCUT2D eigenvalue weighted by Crippen LogP contribution is -2.37. The minimum absolute atomic E-state index is 0.00222. The predicted octanol–water partition coefficient (Wildman–Crippen LogP) is 2.76. The van der Waals surface area contributed by atoms with Crippen molar-refractivity contribution in [1.29, 1.82) is 0 Å². The number of sulfonamides is 1. The van der Waals surface area contributed by atoms with E-state index in [0.29, 0.717) is 11.8 Å². The lowest BCUT2D eigenvalue weighted by Gasteiger charge is -2.30. The first-order chi connectivity index (χ1) is 11.3. The number of anilines is 1. The molecule has 2 aromatic carbocycles. The number of methoxy groups -OCH3 is 1. The highest BCUT2D eigenvalue weighted by Gasteiger charge is 2.33. The minimum atomic E-state index is -4.14. The van der Waals surface area contributed by atoms with Gasteiger partial charge in [-0.15, -0.1) is 0 Å². The molecule has 3 rings (SSSR count). The van der Waals surface area contributed by atoms with Gasteiger partial charge in [0.25, 0.3) is 10.0 Å². The van der Waals surface area contributed by atoms with Gasteiger partial charge in [0.2, 0.25) is 0 Å². The van der Waals surface area contributed by atoms with E-state index in [1.807, 2.05) is 0 Å². The molecule has 24 heavy (non-hydrogen) atoms. The van der Waals surface area contributed by atoms with Crippen molar-refractivity contribution in [2.45, 2.75) is 11.3 Å². The number of rotatable bonds is 3. The zero-order chi connectivity index (χ0) is 17.5. The van der Waals surface area contributed by atoms with Crippen molar-refractivity contribution in [2.75, 3.05) is 18.0 Å². The Kier molecular flexibility index (Phi) is 4.00. The van der Waals surface area contributed by atoms with Crippen LogP contribution in [-0.4, -0.2) is 27.9 Å². The number of ketones is 1. The molecule has 126 valence electrons. The van der Waals surface area contributed by atoms with E-state index in [0.717, 1.165) is 16.4 Å². The van der Waals surface area contributed by atoms with Crippen molar-refractivity contribution in [3.63, 3.8) is 0 Å². The molecular formula is C16H13F2NO4S. The van der Waals surface area contributed by atoms with Crippen LogP contribution in [-0.2, 0) is 10.0 Å². The van der Waals surface area contributed by atoms with E-state index in [-0.39, 0.29) is 34.9 Å². The summed E-state index contributed by atoms with van der Waals surface area (Å²) in [6.07, 6.45) is 0.00222.